The molecule has 3 rings (SSSR count). The third kappa shape index (κ3) is 5.86. The van der Waals surface area contributed by atoms with Crippen molar-refractivity contribution in [3.05, 3.63) is 93.5 Å². The molecular weight excluding hydrogens is 428 g/mol. The highest BCUT2D eigenvalue weighted by molar-refractivity contribution is 6.33. The van der Waals surface area contributed by atoms with E-state index in [1.165, 1.54) is 6.07 Å². The maximum absolute atomic E-state index is 11.9. The van der Waals surface area contributed by atoms with E-state index in [1.54, 1.807) is 24.4 Å². The van der Waals surface area contributed by atoms with Crippen LogP contribution in [0, 0.1) is 0 Å². The van der Waals surface area contributed by atoms with Crippen LogP contribution in [0.3, 0.4) is 0 Å². The summed E-state index contributed by atoms with van der Waals surface area (Å²) in [6.45, 7) is 2.50. The number of aliphatic carboxylic acids is 1. The highest BCUT2D eigenvalue weighted by atomic mass is 35.5. The lowest BCUT2D eigenvalue weighted by Gasteiger charge is -2.12. The van der Waals surface area contributed by atoms with Crippen LogP contribution in [0.2, 0.25) is 5.02 Å². The van der Waals surface area contributed by atoms with E-state index in [-0.39, 0.29) is 16.2 Å². The third-order valence-corrected chi connectivity index (χ3v) is 5.47. The summed E-state index contributed by atoms with van der Waals surface area (Å²) >= 11 is 6.15. The maximum Gasteiger partial charge on any atom is 0.337 e. The summed E-state index contributed by atoms with van der Waals surface area (Å²) in [5.41, 5.74) is 2.71. The first-order valence-electron chi connectivity index (χ1n) is 10.4. The van der Waals surface area contributed by atoms with Crippen LogP contribution >= 0.6 is 11.6 Å². The normalized spacial score (nSPS) is 11.5. The minimum Gasteiger partial charge on any atom is -0.478 e. The van der Waals surface area contributed by atoms with Crippen LogP contribution in [0.25, 0.3) is 6.08 Å². The Morgan fingerprint density at radius 3 is 2.47 bits per heavy atom. The Balaban J connectivity index is 1.98. The van der Waals surface area contributed by atoms with E-state index >= 15 is 0 Å². The second-order valence-corrected chi connectivity index (χ2v) is 7.95. The fourth-order valence-corrected chi connectivity index (χ4v) is 3.74. The van der Waals surface area contributed by atoms with Gasteiger partial charge in [0.05, 0.1) is 22.5 Å². The Bertz CT molecular complexity index is 1140. The SMILES string of the molecule is CCCCc1ncc(C=C(Cc2ccccc2)C(=O)O)n1Cc1ccc(C(=O)O)c(Cl)c1. The van der Waals surface area contributed by atoms with E-state index in [2.05, 4.69) is 11.9 Å². The van der Waals surface area contributed by atoms with Crippen LogP contribution in [0.15, 0.2) is 60.3 Å². The molecule has 2 N–H and O–H groups in total. The monoisotopic (exact) mass is 452 g/mol. The summed E-state index contributed by atoms with van der Waals surface area (Å²) in [4.78, 5) is 27.7. The maximum atomic E-state index is 11.9. The van der Waals surface area contributed by atoms with Gasteiger partial charge in [-0.25, -0.2) is 14.6 Å². The number of hydrogen-bond acceptors (Lipinski definition) is 3. The Labute approximate surface area is 191 Å². The number of aryl methyl sites for hydroxylation is 1. The first kappa shape index (κ1) is 23.3. The predicted octanol–water partition coefficient (Wildman–Crippen LogP) is 5.34. The number of carboxylic acids is 2. The van der Waals surface area contributed by atoms with Gasteiger partial charge in [-0.2, -0.15) is 0 Å². The number of unbranched alkanes of at least 4 members (excludes halogenated alkanes) is 1. The Kier molecular flexibility index (Phi) is 7.84. The number of rotatable bonds is 10. The van der Waals surface area contributed by atoms with Crippen LogP contribution < -0.4 is 0 Å². The van der Waals surface area contributed by atoms with E-state index in [9.17, 15) is 19.8 Å². The van der Waals surface area contributed by atoms with Crippen molar-refractivity contribution in [3.8, 4) is 0 Å². The molecule has 2 aromatic carbocycles. The molecule has 6 nitrogen and oxygen atoms in total. The predicted molar refractivity (Wildman–Crippen MR) is 124 cm³/mol. The number of nitrogens with zero attached hydrogens (tertiary/aromatic N) is 2. The molecule has 0 spiro atoms. The van der Waals surface area contributed by atoms with Gasteiger partial charge in [-0.05, 0) is 35.8 Å². The fourth-order valence-electron chi connectivity index (χ4n) is 3.46. The van der Waals surface area contributed by atoms with Crippen LogP contribution in [-0.2, 0) is 24.2 Å². The number of aromatic nitrogens is 2. The van der Waals surface area contributed by atoms with Gasteiger partial charge in [0.25, 0.3) is 0 Å². The summed E-state index contributed by atoms with van der Waals surface area (Å²) in [6, 6.07) is 14.3. The number of carboxylic acid groups (broad SMARTS) is 2. The number of halogens is 1. The molecule has 0 saturated heterocycles. The number of imidazole rings is 1. The van der Waals surface area contributed by atoms with E-state index < -0.39 is 11.9 Å². The van der Waals surface area contributed by atoms with Crippen LogP contribution in [0.4, 0.5) is 0 Å². The number of aromatic carboxylic acids is 1. The lowest BCUT2D eigenvalue weighted by molar-refractivity contribution is -0.132. The summed E-state index contributed by atoms with van der Waals surface area (Å²) in [6.07, 6.45) is 6.36. The molecule has 0 aliphatic rings. The third-order valence-electron chi connectivity index (χ3n) is 5.16. The van der Waals surface area contributed by atoms with Crippen molar-refractivity contribution < 1.29 is 19.8 Å². The molecule has 0 bridgehead atoms. The second kappa shape index (κ2) is 10.8. The Morgan fingerprint density at radius 1 is 1.09 bits per heavy atom. The molecule has 0 atom stereocenters. The molecule has 32 heavy (non-hydrogen) atoms. The van der Waals surface area contributed by atoms with E-state index in [0.29, 0.717) is 18.7 Å². The standard InChI is InChI=1S/C25H25ClN2O4/c1-2-3-9-23-27-15-20(14-19(24(29)30)12-17-7-5-4-6-8-17)28(23)16-18-10-11-21(25(31)32)22(26)13-18/h4-8,10-11,13-15H,2-3,9,12,16H2,1H3,(H,29,30)(H,31,32). The van der Waals surface area contributed by atoms with Crippen molar-refractivity contribution in [2.24, 2.45) is 0 Å². The van der Waals surface area contributed by atoms with Gasteiger partial charge in [-0.3, -0.25) is 0 Å². The molecule has 0 aliphatic carbocycles. The minimum absolute atomic E-state index is 0.0448. The van der Waals surface area contributed by atoms with Gasteiger partial charge in [-0.15, -0.1) is 0 Å². The van der Waals surface area contributed by atoms with E-state index in [1.807, 2.05) is 34.9 Å². The van der Waals surface area contributed by atoms with Crippen molar-refractivity contribution in [1.29, 1.82) is 0 Å². The molecule has 0 fully saturated rings. The summed E-state index contributed by atoms with van der Waals surface area (Å²) in [7, 11) is 0. The first-order chi connectivity index (χ1) is 15.4. The molecule has 166 valence electrons. The molecule has 0 radical (unpaired) electrons. The van der Waals surface area contributed by atoms with Gasteiger partial charge in [0, 0.05) is 25.0 Å². The van der Waals surface area contributed by atoms with E-state index in [0.717, 1.165) is 36.2 Å². The van der Waals surface area contributed by atoms with Crippen molar-refractivity contribution >= 4 is 29.6 Å². The van der Waals surface area contributed by atoms with Gasteiger partial charge in [0.15, 0.2) is 0 Å². The zero-order valence-electron chi connectivity index (χ0n) is 17.8. The molecule has 0 unspecified atom stereocenters. The topological polar surface area (TPSA) is 92.4 Å². The van der Waals surface area contributed by atoms with Gasteiger partial charge >= 0.3 is 11.9 Å². The quantitative estimate of drug-likeness (QED) is 0.405. The average Bonchev–Trinajstić information content (AvgIpc) is 3.13. The molecule has 0 saturated carbocycles. The lowest BCUT2D eigenvalue weighted by Crippen LogP contribution is -2.10. The first-order valence-corrected chi connectivity index (χ1v) is 10.8. The Morgan fingerprint density at radius 2 is 1.84 bits per heavy atom. The molecule has 1 aromatic heterocycles. The molecule has 0 amide bonds. The highest BCUT2D eigenvalue weighted by Crippen LogP contribution is 2.22. The van der Waals surface area contributed by atoms with Gasteiger partial charge in [0.1, 0.15) is 5.82 Å². The summed E-state index contributed by atoms with van der Waals surface area (Å²) in [5, 5.41) is 19.1. The van der Waals surface area contributed by atoms with E-state index in [4.69, 9.17) is 11.6 Å². The number of hydrogen-bond donors (Lipinski definition) is 2. The average molecular weight is 453 g/mol. The van der Waals surface area contributed by atoms with Gasteiger partial charge in [0.2, 0.25) is 0 Å². The van der Waals surface area contributed by atoms with Crippen molar-refractivity contribution in [3.63, 3.8) is 0 Å². The summed E-state index contributed by atoms with van der Waals surface area (Å²) < 4.78 is 1.97. The van der Waals surface area contributed by atoms with Crippen molar-refractivity contribution in [1.82, 2.24) is 9.55 Å². The van der Waals surface area contributed by atoms with Crippen LogP contribution in [0.1, 0.15) is 52.8 Å². The zero-order valence-corrected chi connectivity index (χ0v) is 18.5. The molecule has 7 heteroatoms. The second-order valence-electron chi connectivity index (χ2n) is 7.55. The molecule has 0 aliphatic heterocycles. The van der Waals surface area contributed by atoms with Crippen LogP contribution in [-0.4, -0.2) is 31.7 Å². The molecule has 3 aromatic rings. The number of benzene rings is 2. The molecular formula is C25H25ClN2O4. The minimum atomic E-state index is -1.08. The van der Waals surface area contributed by atoms with Gasteiger partial charge in [-0.1, -0.05) is 61.3 Å². The largest absolute Gasteiger partial charge is 0.478 e. The highest BCUT2D eigenvalue weighted by Gasteiger charge is 2.15. The zero-order chi connectivity index (χ0) is 23.1. The fraction of sp³-hybridized carbons (Fsp3) is 0.240. The smallest absolute Gasteiger partial charge is 0.337 e. The van der Waals surface area contributed by atoms with Gasteiger partial charge < -0.3 is 14.8 Å². The van der Waals surface area contributed by atoms with Crippen molar-refractivity contribution in [2.45, 2.75) is 39.2 Å². The lowest BCUT2D eigenvalue weighted by atomic mass is 10.0. The van der Waals surface area contributed by atoms with Crippen molar-refractivity contribution in [2.75, 3.05) is 0 Å². The summed E-state index contributed by atoms with van der Waals surface area (Å²) in [5.74, 6) is -1.21. The van der Waals surface area contributed by atoms with Crippen LogP contribution in [0.5, 0.6) is 0 Å². The number of carbonyl (C=O) groups is 2. The molecule has 1 heterocycles. The Hall–Kier alpha value is -3.38.